The number of hydrogen-bond acceptors (Lipinski definition) is 2. The average Bonchev–Trinajstić information content (AvgIpc) is 2.75. The highest BCUT2D eigenvalue weighted by atomic mass is 19.1. The Morgan fingerprint density at radius 1 is 1.30 bits per heavy atom. The first-order chi connectivity index (χ1) is 9.65. The minimum atomic E-state index is -0.161. The van der Waals surface area contributed by atoms with E-state index in [4.69, 9.17) is 0 Å². The van der Waals surface area contributed by atoms with Crippen LogP contribution in [0.2, 0.25) is 0 Å². The van der Waals surface area contributed by atoms with Crippen molar-refractivity contribution >= 4 is 5.69 Å². The molecule has 0 atom stereocenters. The molecule has 0 saturated heterocycles. The Bertz CT molecular complexity index is 582. The van der Waals surface area contributed by atoms with E-state index in [0.29, 0.717) is 12.0 Å². The van der Waals surface area contributed by atoms with Gasteiger partial charge in [-0.05, 0) is 42.9 Å². The van der Waals surface area contributed by atoms with Crippen molar-refractivity contribution in [2.24, 2.45) is 7.05 Å². The lowest BCUT2D eigenvalue weighted by molar-refractivity contribution is 0.373. The molecule has 0 radical (unpaired) electrons. The van der Waals surface area contributed by atoms with Crippen molar-refractivity contribution in [2.75, 3.05) is 5.32 Å². The van der Waals surface area contributed by atoms with E-state index in [9.17, 15) is 4.39 Å². The Morgan fingerprint density at radius 3 is 2.65 bits per heavy atom. The summed E-state index contributed by atoms with van der Waals surface area (Å²) in [5, 5.41) is 8.01. The van der Waals surface area contributed by atoms with Crippen molar-refractivity contribution in [1.82, 2.24) is 9.78 Å². The van der Waals surface area contributed by atoms with Crippen LogP contribution in [0.25, 0.3) is 0 Å². The number of halogens is 1. The minimum absolute atomic E-state index is 0.161. The molecule has 1 aromatic heterocycles. The third-order valence-corrected chi connectivity index (χ3v) is 4.08. The van der Waals surface area contributed by atoms with E-state index in [1.54, 1.807) is 12.1 Å². The third-order valence-electron chi connectivity index (χ3n) is 4.08. The number of nitrogens with zero attached hydrogens (tertiary/aromatic N) is 2. The number of anilines is 1. The predicted molar refractivity (Wildman–Crippen MR) is 78.4 cm³/mol. The van der Waals surface area contributed by atoms with Crippen LogP contribution in [-0.4, -0.2) is 15.8 Å². The monoisotopic (exact) mass is 273 g/mol. The summed E-state index contributed by atoms with van der Waals surface area (Å²) in [6.07, 6.45) is 5.19. The largest absolute Gasteiger partial charge is 0.380 e. The first-order valence-electron chi connectivity index (χ1n) is 7.20. The van der Waals surface area contributed by atoms with Crippen LogP contribution in [0.15, 0.2) is 30.5 Å². The van der Waals surface area contributed by atoms with E-state index in [0.717, 1.165) is 30.6 Å². The Hall–Kier alpha value is -1.84. The molecular formula is C16H20FN3. The van der Waals surface area contributed by atoms with Gasteiger partial charge in [0.15, 0.2) is 0 Å². The fraction of sp³-hybridized carbons (Fsp3) is 0.438. The van der Waals surface area contributed by atoms with Gasteiger partial charge in [0.2, 0.25) is 0 Å². The van der Waals surface area contributed by atoms with Crippen LogP contribution in [0.1, 0.15) is 36.9 Å². The molecule has 1 heterocycles. The summed E-state index contributed by atoms with van der Waals surface area (Å²) in [6, 6.07) is 7.40. The molecule has 1 fully saturated rings. The van der Waals surface area contributed by atoms with Gasteiger partial charge in [-0.15, -0.1) is 0 Å². The zero-order chi connectivity index (χ0) is 14.1. The Labute approximate surface area is 118 Å². The summed E-state index contributed by atoms with van der Waals surface area (Å²) in [6.45, 7) is 2.12. The normalized spacial score (nSPS) is 21.6. The third kappa shape index (κ3) is 2.55. The van der Waals surface area contributed by atoms with Crippen molar-refractivity contribution in [3.8, 4) is 0 Å². The molecule has 4 heteroatoms. The number of aromatic nitrogens is 2. The molecule has 1 aliphatic carbocycles. The lowest BCUT2D eigenvalue weighted by atomic mass is 9.76. The standard InChI is InChI=1S/C16H20FN3/c1-3-15-16(10-20(2)19-15)18-14-8-12(9-14)11-4-6-13(17)7-5-11/h4-7,10,12,14,18H,3,8-9H2,1-2H3. The van der Waals surface area contributed by atoms with Gasteiger partial charge in [0.05, 0.1) is 11.4 Å². The maximum atomic E-state index is 12.9. The zero-order valence-corrected chi connectivity index (χ0v) is 11.9. The molecule has 3 nitrogen and oxygen atoms in total. The first kappa shape index (κ1) is 13.2. The molecule has 20 heavy (non-hydrogen) atoms. The molecule has 106 valence electrons. The van der Waals surface area contributed by atoms with Crippen molar-refractivity contribution in [2.45, 2.75) is 38.1 Å². The quantitative estimate of drug-likeness (QED) is 0.924. The highest BCUT2D eigenvalue weighted by Gasteiger charge is 2.30. The van der Waals surface area contributed by atoms with Gasteiger partial charge < -0.3 is 5.32 Å². The number of aryl methyl sites for hydroxylation is 2. The lowest BCUT2D eigenvalue weighted by Crippen LogP contribution is -2.34. The summed E-state index contributed by atoms with van der Waals surface area (Å²) < 4.78 is 14.8. The number of hydrogen-bond donors (Lipinski definition) is 1. The Kier molecular flexibility index (Phi) is 3.47. The molecule has 2 aromatic rings. The van der Waals surface area contributed by atoms with Crippen molar-refractivity contribution in [3.05, 3.63) is 47.5 Å². The highest BCUT2D eigenvalue weighted by Crippen LogP contribution is 2.38. The van der Waals surface area contributed by atoms with Crippen LogP contribution in [0.4, 0.5) is 10.1 Å². The first-order valence-corrected chi connectivity index (χ1v) is 7.20. The number of nitrogens with one attached hydrogen (secondary N) is 1. The van der Waals surface area contributed by atoms with Crippen LogP contribution < -0.4 is 5.32 Å². The van der Waals surface area contributed by atoms with Crippen molar-refractivity contribution < 1.29 is 4.39 Å². The Morgan fingerprint density at radius 2 is 2.00 bits per heavy atom. The van der Waals surface area contributed by atoms with Gasteiger partial charge >= 0.3 is 0 Å². The van der Waals surface area contributed by atoms with Crippen molar-refractivity contribution in [1.29, 1.82) is 0 Å². The summed E-state index contributed by atoms with van der Waals surface area (Å²) in [7, 11) is 1.95. The Balaban J connectivity index is 1.59. The molecule has 1 aliphatic rings. The summed E-state index contributed by atoms with van der Waals surface area (Å²) >= 11 is 0. The maximum Gasteiger partial charge on any atom is 0.123 e. The van der Waals surface area contributed by atoms with Crippen LogP contribution in [0.3, 0.4) is 0 Å². The lowest BCUT2D eigenvalue weighted by Gasteiger charge is -2.36. The van der Waals surface area contributed by atoms with Crippen LogP contribution in [0.5, 0.6) is 0 Å². The second-order valence-electron chi connectivity index (χ2n) is 5.58. The topological polar surface area (TPSA) is 29.9 Å². The summed E-state index contributed by atoms with van der Waals surface area (Å²) in [5.41, 5.74) is 3.52. The second-order valence-corrected chi connectivity index (χ2v) is 5.58. The molecule has 0 aliphatic heterocycles. The van der Waals surface area contributed by atoms with E-state index in [1.165, 1.54) is 5.56 Å². The van der Waals surface area contributed by atoms with Gasteiger partial charge in [-0.1, -0.05) is 19.1 Å². The molecule has 0 spiro atoms. The van der Waals surface area contributed by atoms with Gasteiger partial charge in [-0.25, -0.2) is 4.39 Å². The van der Waals surface area contributed by atoms with Crippen LogP contribution in [0, 0.1) is 5.82 Å². The molecule has 3 rings (SSSR count). The molecule has 0 unspecified atom stereocenters. The number of benzene rings is 1. The molecular weight excluding hydrogens is 253 g/mol. The van der Waals surface area contributed by atoms with Gasteiger partial charge in [-0.2, -0.15) is 5.10 Å². The van der Waals surface area contributed by atoms with E-state index in [-0.39, 0.29) is 5.82 Å². The summed E-state index contributed by atoms with van der Waals surface area (Å²) in [5.74, 6) is 0.389. The van der Waals surface area contributed by atoms with Gasteiger partial charge in [0.1, 0.15) is 5.82 Å². The van der Waals surface area contributed by atoms with Crippen molar-refractivity contribution in [3.63, 3.8) is 0 Å². The molecule has 1 N–H and O–H groups in total. The predicted octanol–water partition coefficient (Wildman–Crippen LogP) is 3.48. The van der Waals surface area contributed by atoms with E-state index in [2.05, 4.69) is 17.3 Å². The minimum Gasteiger partial charge on any atom is -0.380 e. The SMILES string of the molecule is CCc1nn(C)cc1NC1CC(c2ccc(F)cc2)C1. The molecule has 0 bridgehead atoms. The number of rotatable bonds is 4. The zero-order valence-electron chi connectivity index (χ0n) is 11.9. The van der Waals surface area contributed by atoms with Gasteiger partial charge in [0, 0.05) is 19.3 Å². The van der Waals surface area contributed by atoms with E-state index >= 15 is 0 Å². The van der Waals surface area contributed by atoms with Crippen LogP contribution in [-0.2, 0) is 13.5 Å². The van der Waals surface area contributed by atoms with E-state index in [1.807, 2.05) is 30.1 Å². The van der Waals surface area contributed by atoms with Crippen LogP contribution >= 0.6 is 0 Å². The molecule has 1 aromatic carbocycles. The maximum absolute atomic E-state index is 12.9. The fourth-order valence-corrected chi connectivity index (χ4v) is 2.88. The smallest absolute Gasteiger partial charge is 0.123 e. The van der Waals surface area contributed by atoms with E-state index < -0.39 is 0 Å². The van der Waals surface area contributed by atoms with Gasteiger partial charge in [0.25, 0.3) is 0 Å². The molecule has 0 amide bonds. The second kappa shape index (κ2) is 5.27. The molecule has 1 saturated carbocycles. The average molecular weight is 273 g/mol. The highest BCUT2D eigenvalue weighted by molar-refractivity contribution is 5.48. The van der Waals surface area contributed by atoms with Gasteiger partial charge in [-0.3, -0.25) is 4.68 Å². The fourth-order valence-electron chi connectivity index (χ4n) is 2.88. The summed E-state index contributed by atoms with van der Waals surface area (Å²) in [4.78, 5) is 0.